The fourth-order valence-corrected chi connectivity index (χ4v) is 2.81. The highest BCUT2D eigenvalue weighted by Gasteiger charge is 2.18. The molecule has 0 saturated carbocycles. The molecule has 2 N–H and O–H groups in total. The maximum absolute atomic E-state index is 8.92. The van der Waals surface area contributed by atoms with Crippen LogP contribution in [0.4, 0.5) is 11.6 Å². The minimum atomic E-state index is 0.287. The molecule has 1 aromatic carbocycles. The van der Waals surface area contributed by atoms with E-state index in [9.17, 15) is 0 Å². The number of hydrogen-bond acceptors (Lipinski definition) is 6. The monoisotopic (exact) mass is 318 g/mol. The van der Waals surface area contributed by atoms with Crippen LogP contribution in [0.5, 0.6) is 0 Å². The van der Waals surface area contributed by atoms with Crippen molar-refractivity contribution in [2.75, 3.05) is 36.8 Å². The molecule has 0 atom stereocenters. The lowest BCUT2D eigenvalue weighted by atomic mass is 10.1. The Morgan fingerprint density at radius 3 is 2.25 bits per heavy atom. The average Bonchev–Trinajstić information content (AvgIpc) is 2.63. The zero-order valence-electron chi connectivity index (χ0n) is 13.3. The lowest BCUT2D eigenvalue weighted by Crippen LogP contribution is -2.46. The molecule has 1 saturated heterocycles. The number of nitrogen functional groups attached to an aromatic ring is 1. The third-order valence-corrected chi connectivity index (χ3v) is 4.22. The molecule has 0 spiro atoms. The molecule has 1 aliphatic rings. The molecule has 1 fully saturated rings. The van der Waals surface area contributed by atoms with Crippen molar-refractivity contribution in [1.82, 2.24) is 9.88 Å². The standard InChI is InChI=1S/C18H18N6/c19-11-14-1-3-15(4-2-14)13-23-7-9-24(10-8-23)17-6-5-16(12-20)18(21)22-17/h1-6H,7-10,13H2,(H2,21,22). The van der Waals surface area contributed by atoms with Gasteiger partial charge in [0.15, 0.2) is 0 Å². The maximum Gasteiger partial charge on any atom is 0.143 e. The molecular formula is C18H18N6. The van der Waals surface area contributed by atoms with Gasteiger partial charge in [-0.25, -0.2) is 4.98 Å². The summed E-state index contributed by atoms with van der Waals surface area (Å²) in [5.74, 6) is 1.11. The molecule has 0 unspecified atom stereocenters. The molecule has 3 rings (SSSR count). The summed E-state index contributed by atoms with van der Waals surface area (Å²) in [7, 11) is 0. The number of benzene rings is 1. The van der Waals surface area contributed by atoms with Gasteiger partial charge in [0.05, 0.1) is 17.2 Å². The van der Waals surface area contributed by atoms with Gasteiger partial charge in [-0.15, -0.1) is 0 Å². The van der Waals surface area contributed by atoms with Crippen LogP contribution in [0.2, 0.25) is 0 Å². The SMILES string of the molecule is N#Cc1ccc(CN2CCN(c3ccc(C#N)c(N)n3)CC2)cc1. The Labute approximate surface area is 141 Å². The number of anilines is 2. The van der Waals surface area contributed by atoms with Crippen molar-refractivity contribution in [3.8, 4) is 12.1 Å². The van der Waals surface area contributed by atoms with Crippen LogP contribution in [0.1, 0.15) is 16.7 Å². The first-order chi connectivity index (χ1) is 11.7. The Balaban J connectivity index is 1.58. The number of nitrogens with two attached hydrogens (primary N) is 1. The smallest absolute Gasteiger partial charge is 0.143 e. The van der Waals surface area contributed by atoms with Gasteiger partial charge in [-0.1, -0.05) is 12.1 Å². The van der Waals surface area contributed by atoms with E-state index in [4.69, 9.17) is 16.3 Å². The summed E-state index contributed by atoms with van der Waals surface area (Å²) in [6, 6.07) is 15.5. The number of rotatable bonds is 3. The summed E-state index contributed by atoms with van der Waals surface area (Å²) in [6.07, 6.45) is 0. The van der Waals surface area contributed by atoms with E-state index in [1.165, 1.54) is 5.56 Å². The van der Waals surface area contributed by atoms with Gasteiger partial charge < -0.3 is 10.6 Å². The van der Waals surface area contributed by atoms with Gasteiger partial charge in [0, 0.05) is 32.7 Å². The lowest BCUT2D eigenvalue weighted by molar-refractivity contribution is 0.249. The minimum Gasteiger partial charge on any atom is -0.383 e. The van der Waals surface area contributed by atoms with E-state index in [0.29, 0.717) is 11.1 Å². The highest BCUT2D eigenvalue weighted by atomic mass is 15.3. The Morgan fingerprint density at radius 1 is 0.958 bits per heavy atom. The lowest BCUT2D eigenvalue weighted by Gasteiger charge is -2.35. The van der Waals surface area contributed by atoms with Crippen molar-refractivity contribution < 1.29 is 0 Å². The molecule has 6 heteroatoms. The van der Waals surface area contributed by atoms with Crippen LogP contribution in [-0.2, 0) is 6.54 Å². The van der Waals surface area contributed by atoms with Crippen LogP contribution in [-0.4, -0.2) is 36.1 Å². The normalized spacial score (nSPS) is 14.8. The fraction of sp³-hybridized carbons (Fsp3) is 0.278. The van der Waals surface area contributed by atoms with E-state index in [1.54, 1.807) is 6.07 Å². The third-order valence-electron chi connectivity index (χ3n) is 4.22. The van der Waals surface area contributed by atoms with E-state index in [-0.39, 0.29) is 5.82 Å². The van der Waals surface area contributed by atoms with Crippen molar-refractivity contribution >= 4 is 11.6 Å². The predicted octanol–water partition coefficient (Wildman–Crippen LogP) is 1.73. The maximum atomic E-state index is 8.92. The van der Waals surface area contributed by atoms with Gasteiger partial charge in [0.25, 0.3) is 0 Å². The zero-order chi connectivity index (χ0) is 16.9. The van der Waals surface area contributed by atoms with E-state index < -0.39 is 0 Å². The molecule has 24 heavy (non-hydrogen) atoms. The summed E-state index contributed by atoms with van der Waals surface area (Å²) in [5, 5.41) is 17.8. The van der Waals surface area contributed by atoms with E-state index in [2.05, 4.69) is 20.9 Å². The molecule has 1 aliphatic heterocycles. The number of nitriles is 2. The van der Waals surface area contributed by atoms with Crippen LogP contribution in [0, 0.1) is 22.7 Å². The molecule has 1 aromatic heterocycles. The molecule has 2 heterocycles. The molecule has 2 aromatic rings. The summed E-state index contributed by atoms with van der Waals surface area (Å²) >= 11 is 0. The topological polar surface area (TPSA) is 93.0 Å². The summed E-state index contributed by atoms with van der Waals surface area (Å²) in [4.78, 5) is 8.89. The molecule has 120 valence electrons. The van der Waals surface area contributed by atoms with Crippen LogP contribution in [0.3, 0.4) is 0 Å². The summed E-state index contributed by atoms with van der Waals surface area (Å²) in [6.45, 7) is 4.48. The first-order valence-corrected chi connectivity index (χ1v) is 7.82. The zero-order valence-corrected chi connectivity index (χ0v) is 13.3. The largest absolute Gasteiger partial charge is 0.383 e. The van der Waals surface area contributed by atoms with E-state index in [1.807, 2.05) is 36.4 Å². The molecule has 0 radical (unpaired) electrons. The molecule has 0 aliphatic carbocycles. The van der Waals surface area contributed by atoms with E-state index >= 15 is 0 Å². The number of pyridine rings is 1. The van der Waals surface area contributed by atoms with Gasteiger partial charge in [-0.05, 0) is 29.8 Å². The first-order valence-electron chi connectivity index (χ1n) is 7.82. The van der Waals surface area contributed by atoms with Gasteiger partial charge >= 0.3 is 0 Å². The first kappa shape index (κ1) is 15.8. The number of hydrogen-bond donors (Lipinski definition) is 1. The molecule has 0 amide bonds. The van der Waals surface area contributed by atoms with Crippen LogP contribution in [0.15, 0.2) is 36.4 Å². The Morgan fingerprint density at radius 2 is 1.67 bits per heavy atom. The van der Waals surface area contributed by atoms with Gasteiger partial charge in [0.1, 0.15) is 17.7 Å². The van der Waals surface area contributed by atoms with Gasteiger partial charge in [0.2, 0.25) is 0 Å². The summed E-state index contributed by atoms with van der Waals surface area (Å²) in [5.41, 5.74) is 8.11. The van der Waals surface area contributed by atoms with Crippen LogP contribution < -0.4 is 10.6 Å². The predicted molar refractivity (Wildman–Crippen MR) is 92.0 cm³/mol. The number of piperazine rings is 1. The van der Waals surface area contributed by atoms with Crippen LogP contribution in [0.25, 0.3) is 0 Å². The highest BCUT2D eigenvalue weighted by molar-refractivity contribution is 5.54. The second kappa shape index (κ2) is 6.99. The van der Waals surface area contributed by atoms with Crippen molar-refractivity contribution in [3.63, 3.8) is 0 Å². The van der Waals surface area contributed by atoms with Crippen molar-refractivity contribution in [2.45, 2.75) is 6.54 Å². The minimum absolute atomic E-state index is 0.287. The van der Waals surface area contributed by atoms with Crippen molar-refractivity contribution in [3.05, 3.63) is 53.1 Å². The number of nitrogens with zero attached hydrogens (tertiary/aromatic N) is 5. The average molecular weight is 318 g/mol. The fourth-order valence-electron chi connectivity index (χ4n) is 2.81. The van der Waals surface area contributed by atoms with Gasteiger partial charge in [-0.2, -0.15) is 10.5 Å². The summed E-state index contributed by atoms with van der Waals surface area (Å²) < 4.78 is 0. The molecule has 6 nitrogen and oxygen atoms in total. The van der Waals surface area contributed by atoms with Crippen LogP contribution >= 0.6 is 0 Å². The Bertz CT molecular complexity index is 792. The Hall–Kier alpha value is -3.09. The highest BCUT2D eigenvalue weighted by Crippen LogP contribution is 2.18. The molecule has 0 bridgehead atoms. The Kier molecular flexibility index (Phi) is 4.60. The molecular weight excluding hydrogens is 300 g/mol. The quantitative estimate of drug-likeness (QED) is 0.926. The second-order valence-electron chi connectivity index (χ2n) is 5.79. The van der Waals surface area contributed by atoms with Crippen molar-refractivity contribution in [2.24, 2.45) is 0 Å². The van der Waals surface area contributed by atoms with Gasteiger partial charge in [-0.3, -0.25) is 4.90 Å². The van der Waals surface area contributed by atoms with Crippen molar-refractivity contribution in [1.29, 1.82) is 10.5 Å². The number of aromatic nitrogens is 1. The second-order valence-corrected chi connectivity index (χ2v) is 5.79. The van der Waals surface area contributed by atoms with E-state index in [0.717, 1.165) is 38.5 Å². The third kappa shape index (κ3) is 3.45.